The number of nitro groups is 1. The zero-order valence-corrected chi connectivity index (χ0v) is 11.1. The van der Waals surface area contributed by atoms with E-state index in [2.05, 4.69) is 5.32 Å². The highest BCUT2D eigenvalue weighted by molar-refractivity contribution is 14.1. The lowest BCUT2D eigenvalue weighted by molar-refractivity contribution is -0.385. The lowest BCUT2D eigenvalue weighted by atomic mass is 10.2. The van der Waals surface area contributed by atoms with Crippen molar-refractivity contribution in [3.8, 4) is 0 Å². The summed E-state index contributed by atoms with van der Waals surface area (Å²) < 4.78 is 0.625. The number of benzene rings is 1. The zero-order chi connectivity index (χ0) is 12.1. The first-order valence-electron chi connectivity index (χ1n) is 4.99. The number of nitrogens with zero attached hydrogens (tertiary/aromatic N) is 1. The van der Waals surface area contributed by atoms with Gasteiger partial charge in [-0.25, -0.2) is 0 Å². The van der Waals surface area contributed by atoms with Gasteiger partial charge < -0.3 is 11.1 Å². The van der Waals surface area contributed by atoms with E-state index in [1.807, 2.05) is 29.5 Å². The Kier molecular flexibility index (Phi) is 4.94. The van der Waals surface area contributed by atoms with Crippen molar-refractivity contribution in [2.75, 3.05) is 11.9 Å². The maximum Gasteiger partial charge on any atom is 0.282 e. The van der Waals surface area contributed by atoms with Crippen molar-refractivity contribution in [3.63, 3.8) is 0 Å². The first kappa shape index (κ1) is 13.2. The summed E-state index contributed by atoms with van der Waals surface area (Å²) in [6.45, 7) is 2.59. The minimum Gasteiger partial charge on any atom is -0.381 e. The summed E-state index contributed by atoms with van der Waals surface area (Å²) in [4.78, 5) is 10.2. The van der Waals surface area contributed by atoms with Crippen molar-refractivity contribution in [1.29, 1.82) is 0 Å². The molecule has 88 valence electrons. The van der Waals surface area contributed by atoms with Crippen LogP contribution in [0.15, 0.2) is 18.2 Å². The fourth-order valence-electron chi connectivity index (χ4n) is 1.31. The largest absolute Gasteiger partial charge is 0.381 e. The molecule has 1 aromatic carbocycles. The van der Waals surface area contributed by atoms with Gasteiger partial charge in [-0.1, -0.05) is 6.92 Å². The molecule has 5 nitrogen and oxygen atoms in total. The van der Waals surface area contributed by atoms with Gasteiger partial charge in [-0.05, 0) is 41.1 Å². The van der Waals surface area contributed by atoms with Crippen LogP contribution in [0, 0.1) is 13.7 Å². The molecule has 0 saturated heterocycles. The predicted octanol–water partition coefficient (Wildman–Crippen LogP) is 2.35. The SMILES string of the molecule is CCC(CN)Nc1ccc([N+](=O)[O-])c(I)c1. The number of rotatable bonds is 5. The summed E-state index contributed by atoms with van der Waals surface area (Å²) in [6.07, 6.45) is 0.921. The average Bonchev–Trinajstić information content (AvgIpc) is 2.25. The van der Waals surface area contributed by atoms with Crippen LogP contribution >= 0.6 is 22.6 Å². The molecule has 0 fully saturated rings. The van der Waals surface area contributed by atoms with Crippen LogP contribution in [0.25, 0.3) is 0 Å². The Morgan fingerprint density at radius 2 is 2.31 bits per heavy atom. The van der Waals surface area contributed by atoms with Crippen molar-refractivity contribution >= 4 is 34.0 Å². The molecule has 1 unspecified atom stereocenters. The molecular formula is C10H14IN3O2. The molecule has 0 radical (unpaired) electrons. The maximum atomic E-state index is 10.6. The molecule has 0 amide bonds. The molecule has 0 bridgehead atoms. The van der Waals surface area contributed by atoms with Crippen LogP contribution in [0.3, 0.4) is 0 Å². The summed E-state index contributed by atoms with van der Waals surface area (Å²) in [5, 5.41) is 13.9. The Balaban J connectivity index is 2.84. The quantitative estimate of drug-likeness (QED) is 0.492. The van der Waals surface area contributed by atoms with Crippen molar-refractivity contribution in [2.45, 2.75) is 19.4 Å². The topological polar surface area (TPSA) is 81.2 Å². The van der Waals surface area contributed by atoms with Crippen LogP contribution in [-0.4, -0.2) is 17.5 Å². The number of nitrogens with one attached hydrogen (secondary N) is 1. The predicted molar refractivity (Wildman–Crippen MR) is 72.6 cm³/mol. The Morgan fingerprint density at radius 3 is 2.75 bits per heavy atom. The van der Waals surface area contributed by atoms with Gasteiger partial charge in [0.25, 0.3) is 5.69 Å². The standard InChI is InChI=1S/C10H14IN3O2/c1-2-7(6-12)13-8-3-4-10(14(15)16)9(11)5-8/h3-5,7,13H,2,6,12H2,1H3. The number of hydrogen-bond acceptors (Lipinski definition) is 4. The third-order valence-electron chi connectivity index (χ3n) is 2.29. The smallest absolute Gasteiger partial charge is 0.282 e. The van der Waals surface area contributed by atoms with Gasteiger partial charge in [0.15, 0.2) is 0 Å². The Labute approximate surface area is 108 Å². The fraction of sp³-hybridized carbons (Fsp3) is 0.400. The van der Waals surface area contributed by atoms with Gasteiger partial charge in [-0.3, -0.25) is 10.1 Å². The Bertz CT molecular complexity index is 380. The monoisotopic (exact) mass is 335 g/mol. The fourth-order valence-corrected chi connectivity index (χ4v) is 2.02. The second-order valence-corrected chi connectivity index (χ2v) is 4.57. The molecule has 0 spiro atoms. The van der Waals surface area contributed by atoms with Crippen LogP contribution in [0.5, 0.6) is 0 Å². The number of nitrogens with two attached hydrogens (primary N) is 1. The van der Waals surface area contributed by atoms with Crippen LogP contribution in [0.4, 0.5) is 11.4 Å². The molecule has 1 aromatic rings. The van der Waals surface area contributed by atoms with E-state index in [-0.39, 0.29) is 16.7 Å². The lowest BCUT2D eigenvalue weighted by Gasteiger charge is -2.16. The minimum absolute atomic E-state index is 0.131. The normalized spacial score (nSPS) is 12.2. The Hall–Kier alpha value is -0.890. The highest BCUT2D eigenvalue weighted by atomic mass is 127. The second kappa shape index (κ2) is 6.00. The van der Waals surface area contributed by atoms with Gasteiger partial charge in [0, 0.05) is 24.3 Å². The summed E-state index contributed by atoms with van der Waals surface area (Å²) in [7, 11) is 0. The summed E-state index contributed by atoms with van der Waals surface area (Å²) in [5.41, 5.74) is 6.57. The molecule has 16 heavy (non-hydrogen) atoms. The molecule has 0 heterocycles. The molecule has 0 aliphatic rings. The molecule has 3 N–H and O–H groups in total. The number of nitro benzene ring substituents is 1. The third-order valence-corrected chi connectivity index (χ3v) is 3.16. The van der Waals surface area contributed by atoms with E-state index < -0.39 is 0 Å². The summed E-state index contributed by atoms with van der Waals surface area (Å²) >= 11 is 1.96. The zero-order valence-electron chi connectivity index (χ0n) is 8.94. The average molecular weight is 335 g/mol. The lowest BCUT2D eigenvalue weighted by Crippen LogP contribution is -2.27. The van der Waals surface area contributed by atoms with Crippen LogP contribution < -0.4 is 11.1 Å². The highest BCUT2D eigenvalue weighted by Gasteiger charge is 2.12. The summed E-state index contributed by atoms with van der Waals surface area (Å²) in [6, 6.07) is 5.18. The molecule has 0 aliphatic carbocycles. The molecular weight excluding hydrogens is 321 g/mol. The first-order chi connectivity index (χ1) is 7.58. The molecule has 0 aliphatic heterocycles. The molecule has 0 saturated carbocycles. The number of anilines is 1. The number of hydrogen-bond donors (Lipinski definition) is 2. The molecule has 1 rings (SSSR count). The van der Waals surface area contributed by atoms with Crippen LogP contribution in [-0.2, 0) is 0 Å². The summed E-state index contributed by atoms with van der Waals surface area (Å²) in [5.74, 6) is 0. The van der Waals surface area contributed by atoms with E-state index >= 15 is 0 Å². The van der Waals surface area contributed by atoms with Gasteiger partial charge in [0.1, 0.15) is 0 Å². The van der Waals surface area contributed by atoms with Crippen molar-refractivity contribution < 1.29 is 4.92 Å². The van der Waals surface area contributed by atoms with E-state index in [4.69, 9.17) is 5.73 Å². The van der Waals surface area contributed by atoms with E-state index in [1.165, 1.54) is 6.07 Å². The highest BCUT2D eigenvalue weighted by Crippen LogP contribution is 2.24. The van der Waals surface area contributed by atoms with Crippen molar-refractivity contribution in [1.82, 2.24) is 0 Å². The van der Waals surface area contributed by atoms with Gasteiger partial charge in [0.2, 0.25) is 0 Å². The van der Waals surface area contributed by atoms with Gasteiger partial charge in [0.05, 0.1) is 8.49 Å². The second-order valence-electron chi connectivity index (χ2n) is 3.41. The van der Waals surface area contributed by atoms with E-state index in [1.54, 1.807) is 12.1 Å². The van der Waals surface area contributed by atoms with E-state index in [0.29, 0.717) is 10.1 Å². The van der Waals surface area contributed by atoms with Gasteiger partial charge in [-0.15, -0.1) is 0 Å². The molecule has 6 heteroatoms. The van der Waals surface area contributed by atoms with Crippen molar-refractivity contribution in [2.24, 2.45) is 5.73 Å². The van der Waals surface area contributed by atoms with E-state index in [9.17, 15) is 10.1 Å². The maximum absolute atomic E-state index is 10.6. The Morgan fingerprint density at radius 1 is 1.62 bits per heavy atom. The van der Waals surface area contributed by atoms with Gasteiger partial charge >= 0.3 is 0 Å². The van der Waals surface area contributed by atoms with Crippen molar-refractivity contribution in [3.05, 3.63) is 31.9 Å². The third kappa shape index (κ3) is 3.31. The van der Waals surface area contributed by atoms with E-state index in [0.717, 1.165) is 12.1 Å². The first-order valence-corrected chi connectivity index (χ1v) is 6.07. The molecule has 1 atom stereocenters. The van der Waals surface area contributed by atoms with Crippen LogP contribution in [0.2, 0.25) is 0 Å². The van der Waals surface area contributed by atoms with Gasteiger partial charge in [-0.2, -0.15) is 0 Å². The van der Waals surface area contributed by atoms with Crippen LogP contribution in [0.1, 0.15) is 13.3 Å². The minimum atomic E-state index is -0.383. The molecule has 0 aromatic heterocycles. The number of halogens is 1.